The van der Waals surface area contributed by atoms with Gasteiger partial charge in [-0.3, -0.25) is 4.79 Å². The number of aryl methyl sites for hydroxylation is 1. The smallest absolute Gasteiger partial charge is 0.256 e. The molecule has 3 nitrogen and oxygen atoms in total. The van der Waals surface area contributed by atoms with Crippen LogP contribution < -0.4 is 5.32 Å². The van der Waals surface area contributed by atoms with Crippen LogP contribution in [0.5, 0.6) is 0 Å². The molecule has 0 aliphatic carbocycles. The third-order valence-electron chi connectivity index (χ3n) is 4.05. The van der Waals surface area contributed by atoms with Crippen LogP contribution in [0.3, 0.4) is 0 Å². The molecule has 4 aromatic rings. The molecule has 3 aromatic carbocycles. The molecule has 0 unspecified atom stereocenters. The van der Waals surface area contributed by atoms with Crippen LogP contribution in [0.2, 0.25) is 0 Å². The lowest BCUT2D eigenvalue weighted by Gasteiger charge is -2.07. The number of thiazole rings is 1. The topological polar surface area (TPSA) is 42.0 Å². The van der Waals surface area contributed by atoms with Crippen molar-refractivity contribution in [2.24, 2.45) is 0 Å². The number of aromatic nitrogens is 1. The second kappa shape index (κ2) is 7.02. The fourth-order valence-electron chi connectivity index (χ4n) is 2.70. The largest absolute Gasteiger partial charge is 0.322 e. The SMILES string of the molecule is Cc1ccc2nc(-c3ccc(NC(=O)c4ccccc4Br)cc3)sc2c1. The van der Waals surface area contributed by atoms with Crippen molar-refractivity contribution in [1.29, 1.82) is 0 Å². The summed E-state index contributed by atoms with van der Waals surface area (Å²) in [5.41, 5.74) is 4.66. The van der Waals surface area contributed by atoms with E-state index in [0.29, 0.717) is 5.56 Å². The molecule has 128 valence electrons. The van der Waals surface area contributed by atoms with Crippen LogP contribution in [0.25, 0.3) is 20.8 Å². The molecule has 0 aliphatic rings. The number of nitrogens with one attached hydrogen (secondary N) is 1. The van der Waals surface area contributed by atoms with Gasteiger partial charge in [-0.1, -0.05) is 18.2 Å². The minimum atomic E-state index is -0.138. The Balaban J connectivity index is 1.56. The van der Waals surface area contributed by atoms with Crippen LogP contribution in [-0.4, -0.2) is 10.9 Å². The average Bonchev–Trinajstić information content (AvgIpc) is 3.05. The summed E-state index contributed by atoms with van der Waals surface area (Å²) in [6.45, 7) is 2.08. The molecule has 0 saturated carbocycles. The molecule has 0 fully saturated rings. The van der Waals surface area contributed by atoms with E-state index in [2.05, 4.69) is 46.4 Å². The zero-order valence-corrected chi connectivity index (χ0v) is 16.4. The Morgan fingerprint density at radius 3 is 2.58 bits per heavy atom. The molecule has 4 rings (SSSR count). The Hall–Kier alpha value is -2.50. The van der Waals surface area contributed by atoms with E-state index in [1.807, 2.05) is 42.5 Å². The van der Waals surface area contributed by atoms with Gasteiger partial charge in [0.1, 0.15) is 5.01 Å². The van der Waals surface area contributed by atoms with Crippen molar-refractivity contribution >= 4 is 49.1 Å². The predicted molar refractivity (Wildman–Crippen MR) is 112 cm³/mol. The maximum atomic E-state index is 12.4. The summed E-state index contributed by atoms with van der Waals surface area (Å²) in [4.78, 5) is 17.1. The van der Waals surface area contributed by atoms with Gasteiger partial charge in [-0.2, -0.15) is 0 Å². The predicted octanol–water partition coefficient (Wildman–Crippen LogP) is 6.29. The Morgan fingerprint density at radius 1 is 1.04 bits per heavy atom. The highest BCUT2D eigenvalue weighted by molar-refractivity contribution is 9.10. The van der Waals surface area contributed by atoms with Gasteiger partial charge in [-0.15, -0.1) is 11.3 Å². The number of rotatable bonds is 3. The summed E-state index contributed by atoms with van der Waals surface area (Å²) in [7, 11) is 0. The van der Waals surface area contributed by atoms with Gasteiger partial charge in [-0.05, 0) is 76.9 Å². The number of hydrogen-bond acceptors (Lipinski definition) is 3. The number of amides is 1. The molecule has 1 N–H and O–H groups in total. The number of benzene rings is 3. The van der Waals surface area contributed by atoms with E-state index in [-0.39, 0.29) is 5.91 Å². The van der Waals surface area contributed by atoms with Gasteiger partial charge in [0.15, 0.2) is 0 Å². The average molecular weight is 423 g/mol. The molecular formula is C21H15BrN2OS. The van der Waals surface area contributed by atoms with Gasteiger partial charge in [0.25, 0.3) is 5.91 Å². The lowest BCUT2D eigenvalue weighted by molar-refractivity contribution is 0.102. The first-order valence-corrected chi connectivity index (χ1v) is 9.74. The first-order valence-electron chi connectivity index (χ1n) is 8.14. The molecule has 0 saturated heterocycles. The highest BCUT2D eigenvalue weighted by Gasteiger charge is 2.10. The number of carbonyl (C=O) groups excluding carboxylic acids is 1. The van der Waals surface area contributed by atoms with Crippen LogP contribution >= 0.6 is 27.3 Å². The van der Waals surface area contributed by atoms with Gasteiger partial charge >= 0.3 is 0 Å². The molecule has 0 bridgehead atoms. The standard InChI is InChI=1S/C21H15BrN2OS/c1-13-6-11-18-19(12-13)26-21(24-18)14-7-9-15(10-8-14)23-20(25)16-4-2-3-5-17(16)22/h2-12H,1H3,(H,23,25). The summed E-state index contributed by atoms with van der Waals surface area (Å²) in [6.07, 6.45) is 0. The zero-order valence-electron chi connectivity index (χ0n) is 14.0. The van der Waals surface area contributed by atoms with Crippen molar-refractivity contribution in [1.82, 2.24) is 4.98 Å². The number of hydrogen-bond donors (Lipinski definition) is 1. The molecule has 1 aromatic heterocycles. The third kappa shape index (κ3) is 3.41. The number of anilines is 1. The molecule has 1 heterocycles. The molecular weight excluding hydrogens is 408 g/mol. The van der Waals surface area contributed by atoms with E-state index in [4.69, 9.17) is 4.98 Å². The van der Waals surface area contributed by atoms with E-state index in [1.165, 1.54) is 10.3 Å². The third-order valence-corrected chi connectivity index (χ3v) is 5.81. The van der Waals surface area contributed by atoms with E-state index < -0.39 is 0 Å². The maximum absolute atomic E-state index is 12.4. The Morgan fingerprint density at radius 2 is 1.81 bits per heavy atom. The minimum absolute atomic E-state index is 0.138. The summed E-state index contributed by atoms with van der Waals surface area (Å²) >= 11 is 5.08. The fraction of sp³-hybridized carbons (Fsp3) is 0.0476. The molecule has 1 amide bonds. The monoisotopic (exact) mass is 422 g/mol. The quantitative estimate of drug-likeness (QED) is 0.421. The van der Waals surface area contributed by atoms with E-state index in [1.54, 1.807) is 17.4 Å². The van der Waals surface area contributed by atoms with Crippen molar-refractivity contribution < 1.29 is 4.79 Å². The van der Waals surface area contributed by atoms with Gasteiger partial charge in [0.05, 0.1) is 15.8 Å². The van der Waals surface area contributed by atoms with Crippen LogP contribution in [0.15, 0.2) is 71.2 Å². The van der Waals surface area contributed by atoms with Crippen molar-refractivity contribution in [3.05, 3.63) is 82.3 Å². The van der Waals surface area contributed by atoms with Gasteiger partial charge < -0.3 is 5.32 Å². The van der Waals surface area contributed by atoms with Gasteiger partial charge in [0.2, 0.25) is 0 Å². The van der Waals surface area contributed by atoms with E-state index >= 15 is 0 Å². The Labute approximate surface area is 163 Å². The summed E-state index contributed by atoms with van der Waals surface area (Å²) in [6, 6.07) is 21.4. The van der Waals surface area contributed by atoms with Gasteiger partial charge in [0, 0.05) is 15.7 Å². The Kier molecular flexibility index (Phi) is 4.57. The second-order valence-corrected chi connectivity index (χ2v) is 7.89. The first-order chi connectivity index (χ1) is 12.6. The van der Waals surface area contributed by atoms with Crippen LogP contribution in [0.1, 0.15) is 15.9 Å². The first kappa shape index (κ1) is 16.9. The minimum Gasteiger partial charge on any atom is -0.322 e. The van der Waals surface area contributed by atoms with Crippen molar-refractivity contribution in [2.75, 3.05) is 5.32 Å². The normalized spacial score (nSPS) is 10.8. The second-order valence-electron chi connectivity index (χ2n) is 6.00. The lowest BCUT2D eigenvalue weighted by Crippen LogP contribution is -2.12. The van der Waals surface area contributed by atoms with Crippen molar-refractivity contribution in [2.45, 2.75) is 6.92 Å². The molecule has 0 spiro atoms. The van der Waals surface area contributed by atoms with E-state index in [0.717, 1.165) is 26.2 Å². The fourth-order valence-corrected chi connectivity index (χ4v) is 4.23. The highest BCUT2D eigenvalue weighted by atomic mass is 79.9. The van der Waals surface area contributed by atoms with Crippen molar-refractivity contribution in [3.63, 3.8) is 0 Å². The maximum Gasteiger partial charge on any atom is 0.256 e. The number of carbonyl (C=O) groups is 1. The zero-order chi connectivity index (χ0) is 18.1. The summed E-state index contributed by atoms with van der Waals surface area (Å²) in [5, 5.41) is 3.91. The highest BCUT2D eigenvalue weighted by Crippen LogP contribution is 2.31. The number of fused-ring (bicyclic) bond motifs is 1. The number of nitrogens with zero attached hydrogens (tertiary/aromatic N) is 1. The van der Waals surface area contributed by atoms with Crippen LogP contribution in [0.4, 0.5) is 5.69 Å². The molecule has 0 atom stereocenters. The molecule has 0 aliphatic heterocycles. The van der Waals surface area contributed by atoms with Crippen LogP contribution in [0, 0.1) is 6.92 Å². The summed E-state index contributed by atoms with van der Waals surface area (Å²) < 4.78 is 1.96. The molecule has 0 radical (unpaired) electrons. The van der Waals surface area contributed by atoms with Gasteiger partial charge in [-0.25, -0.2) is 4.98 Å². The van der Waals surface area contributed by atoms with E-state index in [9.17, 15) is 4.79 Å². The molecule has 26 heavy (non-hydrogen) atoms. The number of halogens is 1. The Bertz CT molecular complexity index is 1100. The van der Waals surface area contributed by atoms with Crippen molar-refractivity contribution in [3.8, 4) is 10.6 Å². The lowest BCUT2D eigenvalue weighted by atomic mass is 10.2. The molecule has 5 heteroatoms. The summed E-state index contributed by atoms with van der Waals surface area (Å²) in [5.74, 6) is -0.138. The van der Waals surface area contributed by atoms with Crippen LogP contribution in [-0.2, 0) is 0 Å².